The van der Waals surface area contributed by atoms with Crippen molar-refractivity contribution >= 4 is 45.0 Å². The number of rotatable bonds is 2. The molecule has 0 N–H and O–H groups in total. The zero-order chi connectivity index (χ0) is 19.4. The van der Waals surface area contributed by atoms with Gasteiger partial charge < -0.3 is 4.42 Å². The van der Waals surface area contributed by atoms with E-state index in [1.165, 1.54) is 16.9 Å². The number of fused-ring (bicyclic) bond motifs is 3. The van der Waals surface area contributed by atoms with Crippen molar-refractivity contribution in [2.75, 3.05) is 0 Å². The van der Waals surface area contributed by atoms with E-state index in [4.69, 9.17) is 16.0 Å². The Morgan fingerprint density at radius 3 is 2.61 bits per heavy atom. The molecular weight excluding hydrogens is 392 g/mol. The fourth-order valence-corrected chi connectivity index (χ4v) is 4.34. The lowest BCUT2D eigenvalue weighted by Gasteiger charge is -1.98. The summed E-state index contributed by atoms with van der Waals surface area (Å²) in [6.45, 7) is 4.09. The lowest BCUT2D eigenvalue weighted by molar-refractivity contribution is 0.571. The number of imidazole rings is 1. The monoisotopic (exact) mass is 406 g/mol. The quantitative estimate of drug-likeness (QED) is 0.415. The summed E-state index contributed by atoms with van der Waals surface area (Å²) in [6.07, 6.45) is 1.77. The van der Waals surface area contributed by atoms with Crippen LogP contribution in [0.4, 0.5) is 0 Å². The fraction of sp³-hybridized carbons (Fsp3) is 0.0909. The maximum absolute atomic E-state index is 13.0. The molecule has 5 rings (SSSR count). The average molecular weight is 407 g/mol. The molecule has 4 nitrogen and oxygen atoms in total. The lowest BCUT2D eigenvalue weighted by atomic mass is 10.1. The van der Waals surface area contributed by atoms with Crippen molar-refractivity contribution in [2.45, 2.75) is 13.8 Å². The summed E-state index contributed by atoms with van der Waals surface area (Å²) < 4.78 is 8.18. The van der Waals surface area contributed by atoms with Gasteiger partial charge >= 0.3 is 0 Å². The Bertz CT molecular complexity index is 1460. The molecule has 0 radical (unpaired) electrons. The summed E-state index contributed by atoms with van der Waals surface area (Å²) in [6, 6.07) is 15.2. The first kappa shape index (κ1) is 17.2. The van der Waals surface area contributed by atoms with E-state index in [-0.39, 0.29) is 5.56 Å². The third-order valence-corrected chi connectivity index (χ3v) is 6.10. The van der Waals surface area contributed by atoms with Gasteiger partial charge in [-0.05, 0) is 73.5 Å². The van der Waals surface area contributed by atoms with E-state index in [1.807, 2.05) is 55.5 Å². The Labute approximate surface area is 169 Å². The average Bonchev–Trinajstić information content (AvgIpc) is 3.34. The highest BCUT2D eigenvalue weighted by Gasteiger charge is 2.13. The smallest absolute Gasteiger partial charge is 0.275 e. The van der Waals surface area contributed by atoms with Crippen LogP contribution in [0.1, 0.15) is 16.9 Å². The van der Waals surface area contributed by atoms with Crippen molar-refractivity contribution in [3.63, 3.8) is 0 Å². The highest BCUT2D eigenvalue weighted by atomic mass is 35.5. The van der Waals surface area contributed by atoms with Gasteiger partial charge in [-0.2, -0.15) is 0 Å². The first-order valence-corrected chi connectivity index (χ1v) is 9.99. The number of thiazole rings is 1. The summed E-state index contributed by atoms with van der Waals surface area (Å²) in [5.74, 6) is 1.36. The molecule has 3 aromatic heterocycles. The maximum atomic E-state index is 13.0. The maximum Gasteiger partial charge on any atom is 0.275 e. The Balaban J connectivity index is 1.62. The Kier molecular flexibility index (Phi) is 3.89. The number of aromatic nitrogens is 2. The SMILES string of the molecule is Cc1cc2nc3s/c(=C/c4ccc(-c5ccc(Cl)cc5)o4)c(=O)n3c2cc1C. The molecule has 28 heavy (non-hydrogen) atoms. The minimum atomic E-state index is -0.0739. The molecule has 6 heteroatoms. The zero-order valence-corrected chi connectivity index (χ0v) is 16.8. The molecule has 138 valence electrons. The van der Waals surface area contributed by atoms with Crippen LogP contribution in [0.25, 0.3) is 33.4 Å². The Morgan fingerprint density at radius 1 is 1.07 bits per heavy atom. The molecule has 0 atom stereocenters. The molecule has 0 unspecified atom stereocenters. The molecule has 0 aliphatic heterocycles. The van der Waals surface area contributed by atoms with E-state index in [0.29, 0.717) is 20.3 Å². The van der Waals surface area contributed by atoms with E-state index in [0.717, 1.165) is 27.9 Å². The van der Waals surface area contributed by atoms with E-state index in [2.05, 4.69) is 11.9 Å². The van der Waals surface area contributed by atoms with Gasteiger partial charge in [-0.1, -0.05) is 22.9 Å². The summed E-state index contributed by atoms with van der Waals surface area (Å²) in [4.78, 5) is 18.3. The number of furan rings is 1. The third kappa shape index (κ3) is 2.75. The molecule has 0 aliphatic rings. The van der Waals surface area contributed by atoms with Crippen LogP contribution < -0.4 is 10.1 Å². The number of halogens is 1. The second kappa shape index (κ2) is 6.33. The normalized spacial score (nSPS) is 12.5. The van der Waals surface area contributed by atoms with Crippen LogP contribution in [0.5, 0.6) is 0 Å². The number of aryl methyl sites for hydroxylation is 2. The molecular formula is C22H15ClN2O2S. The first-order chi connectivity index (χ1) is 13.5. The van der Waals surface area contributed by atoms with Crippen LogP contribution in [-0.4, -0.2) is 9.38 Å². The second-order valence-electron chi connectivity index (χ2n) is 6.78. The van der Waals surface area contributed by atoms with Crippen molar-refractivity contribution < 1.29 is 4.42 Å². The molecule has 2 aromatic carbocycles. The second-order valence-corrected chi connectivity index (χ2v) is 8.23. The van der Waals surface area contributed by atoms with Gasteiger partial charge in [0.05, 0.1) is 11.0 Å². The highest BCUT2D eigenvalue weighted by molar-refractivity contribution is 7.15. The van der Waals surface area contributed by atoms with Crippen molar-refractivity contribution in [3.05, 3.63) is 85.3 Å². The van der Waals surface area contributed by atoms with Crippen molar-refractivity contribution in [3.8, 4) is 11.3 Å². The predicted molar refractivity (Wildman–Crippen MR) is 114 cm³/mol. The molecule has 0 spiro atoms. The van der Waals surface area contributed by atoms with Gasteiger partial charge in [-0.3, -0.25) is 4.79 Å². The summed E-state index contributed by atoms with van der Waals surface area (Å²) >= 11 is 7.31. The van der Waals surface area contributed by atoms with Crippen LogP contribution in [0.15, 0.2) is 57.7 Å². The van der Waals surface area contributed by atoms with Crippen molar-refractivity contribution in [1.29, 1.82) is 0 Å². The fourth-order valence-electron chi connectivity index (χ4n) is 3.25. The Hall–Kier alpha value is -2.89. The lowest BCUT2D eigenvalue weighted by Crippen LogP contribution is -2.22. The number of nitrogens with zero attached hydrogens (tertiary/aromatic N) is 2. The van der Waals surface area contributed by atoms with E-state index in [9.17, 15) is 4.79 Å². The zero-order valence-electron chi connectivity index (χ0n) is 15.2. The van der Waals surface area contributed by atoms with Gasteiger partial charge in [0.25, 0.3) is 5.56 Å². The summed E-state index contributed by atoms with van der Waals surface area (Å²) in [7, 11) is 0. The number of benzene rings is 2. The topological polar surface area (TPSA) is 47.5 Å². The largest absolute Gasteiger partial charge is 0.457 e. The molecule has 0 saturated carbocycles. The molecule has 0 bridgehead atoms. The Morgan fingerprint density at radius 2 is 1.82 bits per heavy atom. The molecule has 0 amide bonds. The predicted octanol–water partition coefficient (Wildman–Crippen LogP) is 4.99. The van der Waals surface area contributed by atoms with Gasteiger partial charge in [-0.15, -0.1) is 0 Å². The standard InChI is InChI=1S/C22H15ClN2O2S/c1-12-9-17-18(10-13(12)2)25-21(26)20(28-22(25)24-17)11-16-7-8-19(27-16)14-3-5-15(23)6-4-14/h3-11H,1-2H3/b20-11+. The van der Waals surface area contributed by atoms with Crippen LogP contribution in [0, 0.1) is 13.8 Å². The van der Waals surface area contributed by atoms with Crippen molar-refractivity contribution in [2.24, 2.45) is 0 Å². The number of hydrogen-bond donors (Lipinski definition) is 0. The van der Waals surface area contributed by atoms with E-state index in [1.54, 1.807) is 10.5 Å². The van der Waals surface area contributed by atoms with Crippen LogP contribution in [0.2, 0.25) is 5.02 Å². The molecule has 0 fully saturated rings. The van der Waals surface area contributed by atoms with Gasteiger partial charge in [0.15, 0.2) is 4.96 Å². The minimum absolute atomic E-state index is 0.0739. The van der Waals surface area contributed by atoms with E-state index >= 15 is 0 Å². The van der Waals surface area contributed by atoms with E-state index < -0.39 is 0 Å². The van der Waals surface area contributed by atoms with Gasteiger partial charge in [-0.25, -0.2) is 9.38 Å². The van der Waals surface area contributed by atoms with Gasteiger partial charge in [0.1, 0.15) is 16.1 Å². The van der Waals surface area contributed by atoms with Crippen LogP contribution in [-0.2, 0) is 0 Å². The first-order valence-electron chi connectivity index (χ1n) is 8.79. The third-order valence-electron chi connectivity index (χ3n) is 4.88. The highest BCUT2D eigenvalue weighted by Crippen LogP contribution is 2.24. The summed E-state index contributed by atoms with van der Waals surface area (Å²) in [5, 5.41) is 0.678. The van der Waals surface area contributed by atoms with Gasteiger partial charge in [0, 0.05) is 16.7 Å². The van der Waals surface area contributed by atoms with Gasteiger partial charge in [0.2, 0.25) is 0 Å². The van der Waals surface area contributed by atoms with Crippen LogP contribution in [0.3, 0.4) is 0 Å². The molecule has 0 aliphatic carbocycles. The molecule has 3 heterocycles. The van der Waals surface area contributed by atoms with Crippen LogP contribution >= 0.6 is 22.9 Å². The number of hydrogen-bond acceptors (Lipinski definition) is 4. The van der Waals surface area contributed by atoms with Crippen molar-refractivity contribution in [1.82, 2.24) is 9.38 Å². The molecule has 0 saturated heterocycles. The minimum Gasteiger partial charge on any atom is -0.457 e. The summed E-state index contributed by atoms with van der Waals surface area (Å²) in [5.41, 5.74) is 4.87. The molecule has 5 aromatic rings.